The van der Waals surface area contributed by atoms with Gasteiger partial charge in [0.1, 0.15) is 10.8 Å². The van der Waals surface area contributed by atoms with Crippen molar-refractivity contribution in [1.82, 2.24) is 10.2 Å². The van der Waals surface area contributed by atoms with Crippen LogP contribution in [-0.4, -0.2) is 48.0 Å². The molecule has 1 aromatic heterocycles. The van der Waals surface area contributed by atoms with Crippen molar-refractivity contribution in [1.29, 1.82) is 0 Å². The Morgan fingerprint density at radius 3 is 2.58 bits per heavy atom. The van der Waals surface area contributed by atoms with Gasteiger partial charge in [0.05, 0.1) is 22.9 Å². The number of benzene rings is 1. The Balaban J connectivity index is 0.000000444. The lowest BCUT2D eigenvalue weighted by atomic mass is 10.2. The van der Waals surface area contributed by atoms with Gasteiger partial charge in [0.2, 0.25) is 0 Å². The fourth-order valence-electron chi connectivity index (χ4n) is 2.86. The number of nitrogens with zero attached hydrogens (tertiary/aromatic N) is 2. The maximum absolute atomic E-state index is 7.43. The summed E-state index contributed by atoms with van der Waals surface area (Å²) in [5, 5.41) is 15.6. The average molecular weight is 393 g/mol. The van der Waals surface area contributed by atoms with Crippen LogP contribution in [0.15, 0.2) is 35.3 Å². The Kier molecular flexibility index (Phi) is 8.44. The van der Waals surface area contributed by atoms with Crippen LogP contribution in [0.2, 0.25) is 0 Å². The van der Waals surface area contributed by atoms with Gasteiger partial charge in [0, 0.05) is 31.1 Å². The summed E-state index contributed by atoms with van der Waals surface area (Å²) in [4.78, 5) is 8.69. The van der Waals surface area contributed by atoms with Crippen LogP contribution < -0.4 is 10.6 Å². The lowest BCUT2D eigenvalue weighted by molar-refractivity contribution is 0.358. The van der Waals surface area contributed by atoms with Gasteiger partial charge < -0.3 is 20.6 Å². The maximum atomic E-state index is 7.43. The van der Waals surface area contributed by atoms with Crippen molar-refractivity contribution in [3.8, 4) is 0 Å². The predicted octanol–water partition coefficient (Wildman–Crippen LogP) is 3.99. The van der Waals surface area contributed by atoms with E-state index in [9.17, 15) is 0 Å². The molecule has 0 saturated carbocycles. The average Bonchev–Trinajstić information content (AvgIpc) is 2.96. The molecule has 0 atom stereocenters. The molecule has 7 heteroatoms. The van der Waals surface area contributed by atoms with Gasteiger partial charge >= 0.3 is 0 Å². The number of para-hydroxylation sites is 2. The van der Waals surface area contributed by atoms with Crippen molar-refractivity contribution < 1.29 is 5.11 Å². The van der Waals surface area contributed by atoms with Crippen molar-refractivity contribution in [2.45, 2.75) is 20.8 Å². The molecule has 142 valence electrons. The number of aliphatic hydroxyl groups is 1. The van der Waals surface area contributed by atoms with Crippen LogP contribution in [0.25, 0.3) is 0 Å². The standard InChI is InChI=1S/C16H18N4S.C2H6.CH4OS/c1-11-10-12-15(20-8-6-17-7-9-20)18-13-4-2-3-5-14(13)19-16(12)21-11;1-2;2-1-3/h2-5,10,17,19H,6-9H2,1H3;1-2H3;2-3H,1H2. The topological polar surface area (TPSA) is 59.9 Å². The molecular formula is C19H28N4OS2. The number of anilines is 2. The number of hydrogen-bond donors (Lipinski definition) is 4. The number of hydrogen-bond acceptors (Lipinski definition) is 7. The zero-order chi connectivity index (χ0) is 18.9. The van der Waals surface area contributed by atoms with E-state index in [1.165, 1.54) is 15.4 Å². The largest absolute Gasteiger partial charge is 0.386 e. The highest BCUT2D eigenvalue weighted by Crippen LogP contribution is 2.38. The quantitative estimate of drug-likeness (QED) is 0.404. The molecule has 1 fully saturated rings. The Labute approximate surface area is 165 Å². The summed E-state index contributed by atoms with van der Waals surface area (Å²) in [7, 11) is 0. The van der Waals surface area contributed by atoms with Crippen molar-refractivity contribution in [2.75, 3.05) is 37.4 Å². The predicted molar refractivity (Wildman–Crippen MR) is 117 cm³/mol. The number of aliphatic imine (C=N–C) groups is 1. The first-order valence-electron chi connectivity index (χ1n) is 8.96. The van der Waals surface area contributed by atoms with E-state index in [-0.39, 0.29) is 5.94 Å². The highest BCUT2D eigenvalue weighted by Gasteiger charge is 2.24. The molecule has 1 aromatic carbocycles. The second-order valence-corrected chi connectivity index (χ2v) is 7.10. The molecule has 0 unspecified atom stereocenters. The minimum atomic E-state index is -0.0556. The highest BCUT2D eigenvalue weighted by atomic mass is 32.1. The van der Waals surface area contributed by atoms with Crippen molar-refractivity contribution in [2.24, 2.45) is 4.99 Å². The molecule has 0 amide bonds. The number of nitrogens with one attached hydrogen (secondary N) is 2. The van der Waals surface area contributed by atoms with Crippen LogP contribution in [0.1, 0.15) is 24.3 Å². The molecule has 1 saturated heterocycles. The molecule has 2 aliphatic heterocycles. The molecule has 3 N–H and O–H groups in total. The minimum Gasteiger partial charge on any atom is -0.386 e. The van der Waals surface area contributed by atoms with Gasteiger partial charge in [0.15, 0.2) is 0 Å². The Morgan fingerprint density at radius 1 is 1.23 bits per heavy atom. The summed E-state index contributed by atoms with van der Waals surface area (Å²) in [6.07, 6.45) is 0. The number of thiol groups is 1. The van der Waals surface area contributed by atoms with Gasteiger partial charge in [-0.2, -0.15) is 12.6 Å². The van der Waals surface area contributed by atoms with E-state index in [0.717, 1.165) is 43.4 Å². The van der Waals surface area contributed by atoms with Crippen molar-refractivity contribution >= 4 is 46.2 Å². The summed E-state index contributed by atoms with van der Waals surface area (Å²) < 4.78 is 0. The fourth-order valence-corrected chi connectivity index (χ4v) is 3.78. The van der Waals surface area contributed by atoms with Gasteiger partial charge in [-0.1, -0.05) is 26.0 Å². The Morgan fingerprint density at radius 2 is 1.88 bits per heavy atom. The normalized spacial score (nSPS) is 15.0. The number of thiophene rings is 1. The summed E-state index contributed by atoms with van der Waals surface area (Å²) in [5.41, 5.74) is 3.34. The van der Waals surface area contributed by atoms with E-state index in [0.29, 0.717) is 0 Å². The van der Waals surface area contributed by atoms with Crippen LogP contribution in [0.5, 0.6) is 0 Å². The summed E-state index contributed by atoms with van der Waals surface area (Å²) in [6.45, 7) is 10.2. The molecule has 2 aromatic rings. The molecular weight excluding hydrogens is 364 g/mol. The summed E-state index contributed by atoms with van der Waals surface area (Å²) in [5.74, 6) is 1.05. The molecule has 3 heterocycles. The minimum absolute atomic E-state index is 0.0556. The second kappa shape index (κ2) is 10.6. The van der Waals surface area contributed by atoms with E-state index in [4.69, 9.17) is 10.1 Å². The zero-order valence-electron chi connectivity index (χ0n) is 15.6. The first kappa shape index (κ1) is 20.8. The fraction of sp³-hybridized carbons (Fsp3) is 0.421. The highest BCUT2D eigenvalue weighted by molar-refractivity contribution is 7.80. The van der Waals surface area contributed by atoms with Gasteiger partial charge in [-0.3, -0.25) is 0 Å². The van der Waals surface area contributed by atoms with E-state index >= 15 is 0 Å². The second-order valence-electron chi connectivity index (χ2n) is 5.56. The number of piperazine rings is 1. The summed E-state index contributed by atoms with van der Waals surface area (Å²) >= 11 is 5.14. The van der Waals surface area contributed by atoms with Crippen LogP contribution in [0, 0.1) is 6.92 Å². The zero-order valence-corrected chi connectivity index (χ0v) is 17.3. The molecule has 0 aliphatic carbocycles. The van der Waals surface area contributed by atoms with E-state index in [2.05, 4.69) is 59.4 Å². The molecule has 2 aliphatic rings. The molecule has 4 rings (SSSR count). The number of amidine groups is 1. The number of aliphatic hydroxyl groups excluding tert-OH is 1. The van der Waals surface area contributed by atoms with Crippen LogP contribution in [0.3, 0.4) is 0 Å². The van der Waals surface area contributed by atoms with Crippen molar-refractivity contribution in [3.63, 3.8) is 0 Å². The van der Waals surface area contributed by atoms with E-state index in [1.807, 2.05) is 19.9 Å². The number of fused-ring (bicyclic) bond motifs is 2. The Bertz CT molecular complexity index is 724. The van der Waals surface area contributed by atoms with Crippen LogP contribution in [0.4, 0.5) is 16.4 Å². The smallest absolute Gasteiger partial charge is 0.139 e. The SMILES string of the molecule is CC.Cc1cc2c(s1)Nc1ccccc1N=C2N1CCNCC1.OCS. The molecule has 0 bridgehead atoms. The Hall–Kier alpha value is -1.54. The lowest BCUT2D eigenvalue weighted by Gasteiger charge is -2.30. The molecule has 0 radical (unpaired) electrons. The molecule has 5 nitrogen and oxygen atoms in total. The van der Waals surface area contributed by atoms with Crippen LogP contribution >= 0.6 is 24.0 Å². The monoisotopic (exact) mass is 392 g/mol. The first-order valence-corrected chi connectivity index (χ1v) is 10.4. The van der Waals surface area contributed by atoms with Crippen molar-refractivity contribution in [3.05, 3.63) is 40.8 Å². The first-order chi connectivity index (χ1) is 12.7. The third kappa shape index (κ3) is 5.01. The molecule has 26 heavy (non-hydrogen) atoms. The molecule has 0 spiro atoms. The number of aryl methyl sites for hydroxylation is 1. The van der Waals surface area contributed by atoms with E-state index in [1.54, 1.807) is 11.3 Å². The van der Waals surface area contributed by atoms with Gasteiger partial charge in [-0.25, -0.2) is 4.99 Å². The third-order valence-corrected chi connectivity index (χ3v) is 4.86. The third-order valence-electron chi connectivity index (χ3n) is 3.89. The van der Waals surface area contributed by atoms with E-state index < -0.39 is 0 Å². The van der Waals surface area contributed by atoms with Gasteiger partial charge in [-0.15, -0.1) is 11.3 Å². The van der Waals surface area contributed by atoms with Gasteiger partial charge in [0.25, 0.3) is 0 Å². The summed E-state index contributed by atoms with van der Waals surface area (Å²) in [6, 6.07) is 10.5. The van der Waals surface area contributed by atoms with Gasteiger partial charge in [-0.05, 0) is 25.1 Å². The van der Waals surface area contributed by atoms with Crippen LogP contribution in [-0.2, 0) is 0 Å². The lowest BCUT2D eigenvalue weighted by Crippen LogP contribution is -2.46. The number of rotatable bonds is 0. The maximum Gasteiger partial charge on any atom is 0.139 e.